The molecular formula is C8H12N6. The number of rotatable bonds is 5. The van der Waals surface area contributed by atoms with Crippen LogP contribution in [0.5, 0.6) is 0 Å². The topological polar surface area (TPSA) is 79.5 Å². The molecule has 0 N–H and O–H groups in total. The van der Waals surface area contributed by atoms with Crippen LogP contribution in [0.3, 0.4) is 0 Å². The lowest BCUT2D eigenvalue weighted by atomic mass is 10.3. The van der Waals surface area contributed by atoms with Gasteiger partial charge in [-0.1, -0.05) is 10.3 Å². The van der Waals surface area contributed by atoms with E-state index >= 15 is 0 Å². The Kier molecular flexibility index (Phi) is 2.65. The van der Waals surface area contributed by atoms with Crippen molar-refractivity contribution in [2.45, 2.75) is 25.8 Å². The van der Waals surface area contributed by atoms with Crippen molar-refractivity contribution in [2.75, 3.05) is 6.54 Å². The number of hydrogen-bond donors (Lipinski definition) is 0. The predicted octanol–water partition coefficient (Wildman–Crippen LogP) is 1.54. The summed E-state index contributed by atoms with van der Waals surface area (Å²) in [6, 6.07) is 0. The summed E-state index contributed by atoms with van der Waals surface area (Å²) >= 11 is 0. The zero-order chi connectivity index (χ0) is 9.80. The Morgan fingerprint density at radius 3 is 3.21 bits per heavy atom. The van der Waals surface area contributed by atoms with Crippen LogP contribution in [0.15, 0.2) is 11.3 Å². The van der Waals surface area contributed by atoms with E-state index in [-0.39, 0.29) is 0 Å². The SMILES string of the molecule is [N-]=[N+]=NCCc1cn(CC2CC2)nn1. The molecule has 0 unspecified atom stereocenters. The molecular weight excluding hydrogens is 180 g/mol. The summed E-state index contributed by atoms with van der Waals surface area (Å²) in [5.41, 5.74) is 8.99. The van der Waals surface area contributed by atoms with Gasteiger partial charge in [0.1, 0.15) is 0 Å². The molecule has 2 rings (SSSR count). The van der Waals surface area contributed by atoms with Crippen LogP contribution in [0.25, 0.3) is 10.4 Å². The molecule has 74 valence electrons. The van der Waals surface area contributed by atoms with Gasteiger partial charge in [-0.15, -0.1) is 5.10 Å². The van der Waals surface area contributed by atoms with Crippen molar-refractivity contribution < 1.29 is 0 Å². The lowest BCUT2D eigenvalue weighted by Gasteiger charge is -1.94. The summed E-state index contributed by atoms with van der Waals surface area (Å²) in [5, 5.41) is 11.5. The summed E-state index contributed by atoms with van der Waals surface area (Å²) in [6.45, 7) is 1.44. The molecule has 6 heteroatoms. The Bertz CT molecular complexity index is 346. The molecule has 1 fully saturated rings. The highest BCUT2D eigenvalue weighted by atomic mass is 15.4. The predicted molar refractivity (Wildman–Crippen MR) is 50.5 cm³/mol. The molecule has 1 aromatic heterocycles. The molecule has 0 amide bonds. The lowest BCUT2D eigenvalue weighted by molar-refractivity contribution is 0.544. The average Bonchev–Trinajstić information content (AvgIpc) is 2.87. The fourth-order valence-corrected chi connectivity index (χ4v) is 1.32. The summed E-state index contributed by atoms with van der Waals surface area (Å²) in [4.78, 5) is 2.69. The lowest BCUT2D eigenvalue weighted by Crippen LogP contribution is -1.99. The number of aromatic nitrogens is 3. The molecule has 0 atom stereocenters. The summed E-state index contributed by atoms with van der Waals surface area (Å²) in [7, 11) is 0. The van der Waals surface area contributed by atoms with Gasteiger partial charge < -0.3 is 0 Å². The van der Waals surface area contributed by atoms with Crippen molar-refractivity contribution in [3.63, 3.8) is 0 Å². The molecule has 1 saturated carbocycles. The van der Waals surface area contributed by atoms with Gasteiger partial charge in [0.05, 0.1) is 5.69 Å². The second-order valence-corrected chi connectivity index (χ2v) is 3.58. The zero-order valence-electron chi connectivity index (χ0n) is 7.87. The van der Waals surface area contributed by atoms with Gasteiger partial charge in [-0.2, -0.15) is 0 Å². The average molecular weight is 192 g/mol. The molecule has 0 saturated heterocycles. The van der Waals surface area contributed by atoms with E-state index in [1.54, 1.807) is 0 Å². The molecule has 1 aromatic rings. The Hall–Kier alpha value is -1.55. The first-order valence-corrected chi connectivity index (χ1v) is 4.78. The van der Waals surface area contributed by atoms with Crippen molar-refractivity contribution in [2.24, 2.45) is 11.0 Å². The smallest absolute Gasteiger partial charge is 0.0828 e. The van der Waals surface area contributed by atoms with Gasteiger partial charge in [-0.05, 0) is 30.7 Å². The molecule has 1 aliphatic rings. The van der Waals surface area contributed by atoms with Crippen molar-refractivity contribution in [3.8, 4) is 0 Å². The fourth-order valence-electron chi connectivity index (χ4n) is 1.32. The molecule has 0 bridgehead atoms. The van der Waals surface area contributed by atoms with E-state index in [4.69, 9.17) is 5.53 Å². The number of azide groups is 1. The van der Waals surface area contributed by atoms with Crippen molar-refractivity contribution in [1.29, 1.82) is 0 Å². The molecule has 0 radical (unpaired) electrons. The van der Waals surface area contributed by atoms with E-state index in [0.29, 0.717) is 13.0 Å². The third kappa shape index (κ3) is 2.47. The Labute approximate surface area is 81.5 Å². The number of nitrogens with zero attached hydrogens (tertiary/aromatic N) is 6. The summed E-state index contributed by atoms with van der Waals surface area (Å²) < 4.78 is 1.88. The number of hydrogen-bond acceptors (Lipinski definition) is 3. The maximum Gasteiger partial charge on any atom is 0.0828 e. The first kappa shape index (κ1) is 9.02. The van der Waals surface area contributed by atoms with E-state index in [0.717, 1.165) is 18.2 Å². The first-order chi connectivity index (χ1) is 6.88. The van der Waals surface area contributed by atoms with E-state index in [2.05, 4.69) is 20.3 Å². The second-order valence-electron chi connectivity index (χ2n) is 3.58. The van der Waals surface area contributed by atoms with Crippen LogP contribution in [-0.4, -0.2) is 21.5 Å². The Balaban J connectivity index is 1.84. The maximum absolute atomic E-state index is 8.09. The third-order valence-corrected chi connectivity index (χ3v) is 2.26. The van der Waals surface area contributed by atoms with Crippen LogP contribution in [0, 0.1) is 5.92 Å². The van der Waals surface area contributed by atoms with Crippen molar-refractivity contribution >= 4 is 0 Å². The van der Waals surface area contributed by atoms with Gasteiger partial charge in [0.25, 0.3) is 0 Å². The van der Waals surface area contributed by atoms with Gasteiger partial charge in [-0.25, -0.2) is 0 Å². The van der Waals surface area contributed by atoms with Crippen molar-refractivity contribution in [3.05, 3.63) is 22.3 Å². The molecule has 0 aromatic carbocycles. The van der Waals surface area contributed by atoms with E-state index < -0.39 is 0 Å². The van der Waals surface area contributed by atoms with Crippen LogP contribution in [0.2, 0.25) is 0 Å². The molecule has 0 spiro atoms. The largest absolute Gasteiger partial charge is 0.252 e. The summed E-state index contributed by atoms with van der Waals surface area (Å²) in [5.74, 6) is 0.807. The molecule has 0 aliphatic heterocycles. The quantitative estimate of drug-likeness (QED) is 0.403. The maximum atomic E-state index is 8.09. The van der Waals surface area contributed by atoms with Crippen molar-refractivity contribution in [1.82, 2.24) is 15.0 Å². The van der Waals surface area contributed by atoms with Crippen LogP contribution in [-0.2, 0) is 13.0 Å². The van der Waals surface area contributed by atoms with Crippen LogP contribution < -0.4 is 0 Å². The minimum atomic E-state index is 0.457. The van der Waals surface area contributed by atoms with Gasteiger partial charge in [0, 0.05) is 24.2 Å². The third-order valence-electron chi connectivity index (χ3n) is 2.26. The summed E-state index contributed by atoms with van der Waals surface area (Å²) in [6.07, 6.45) is 5.24. The van der Waals surface area contributed by atoms with Gasteiger partial charge in [0.2, 0.25) is 0 Å². The highest BCUT2D eigenvalue weighted by Crippen LogP contribution is 2.30. The molecule has 1 aliphatic carbocycles. The van der Waals surface area contributed by atoms with Crippen LogP contribution >= 0.6 is 0 Å². The first-order valence-electron chi connectivity index (χ1n) is 4.78. The standard InChI is InChI=1S/C8H12N6/c9-12-10-4-3-8-6-14(13-11-8)5-7-1-2-7/h6-7H,1-5H2. The minimum Gasteiger partial charge on any atom is -0.252 e. The monoisotopic (exact) mass is 192 g/mol. The van der Waals surface area contributed by atoms with Crippen LogP contribution in [0.1, 0.15) is 18.5 Å². The van der Waals surface area contributed by atoms with Gasteiger partial charge >= 0.3 is 0 Å². The molecule has 6 nitrogen and oxygen atoms in total. The molecule has 14 heavy (non-hydrogen) atoms. The molecule has 1 heterocycles. The second kappa shape index (κ2) is 4.11. The highest BCUT2D eigenvalue weighted by molar-refractivity contribution is 4.93. The van der Waals surface area contributed by atoms with E-state index in [1.807, 2.05) is 10.9 Å². The zero-order valence-corrected chi connectivity index (χ0v) is 7.87. The van der Waals surface area contributed by atoms with Crippen LogP contribution in [0.4, 0.5) is 0 Å². The minimum absolute atomic E-state index is 0.457. The fraction of sp³-hybridized carbons (Fsp3) is 0.750. The normalized spacial score (nSPS) is 15.1. The van der Waals surface area contributed by atoms with Gasteiger partial charge in [-0.3, -0.25) is 4.68 Å². The Morgan fingerprint density at radius 1 is 1.64 bits per heavy atom. The van der Waals surface area contributed by atoms with E-state index in [1.165, 1.54) is 12.8 Å². The Morgan fingerprint density at radius 2 is 2.50 bits per heavy atom. The van der Waals surface area contributed by atoms with E-state index in [9.17, 15) is 0 Å². The highest BCUT2D eigenvalue weighted by Gasteiger charge is 2.22. The van der Waals surface area contributed by atoms with Gasteiger partial charge in [0.15, 0.2) is 0 Å².